The zero-order chi connectivity index (χ0) is 11.4. The molecule has 2 nitrogen and oxygen atoms in total. The summed E-state index contributed by atoms with van der Waals surface area (Å²) in [5.41, 5.74) is -0.439. The summed E-state index contributed by atoms with van der Waals surface area (Å²) in [6.07, 6.45) is 0.615. The van der Waals surface area contributed by atoms with Gasteiger partial charge in [-0.3, -0.25) is 0 Å². The summed E-state index contributed by atoms with van der Waals surface area (Å²) in [4.78, 5) is 11.2. The van der Waals surface area contributed by atoms with Gasteiger partial charge in [-0.25, -0.2) is 13.6 Å². The molecule has 0 heterocycles. The average Bonchev–Trinajstić information content (AvgIpc) is 2.20. The first kappa shape index (κ1) is 11.9. The summed E-state index contributed by atoms with van der Waals surface area (Å²) in [7, 11) is 0. The Hall–Kier alpha value is -1.16. The lowest BCUT2D eigenvalue weighted by Gasteiger charge is -2.04. The van der Waals surface area contributed by atoms with E-state index >= 15 is 0 Å². The van der Waals surface area contributed by atoms with E-state index in [0.717, 1.165) is 12.1 Å². The van der Waals surface area contributed by atoms with Gasteiger partial charge in [0.15, 0.2) is 0 Å². The number of ether oxygens (including phenoxy) is 1. The van der Waals surface area contributed by atoms with E-state index in [1.807, 2.05) is 0 Å². The predicted octanol–water partition coefficient (Wildman–Crippen LogP) is 3.19. The quantitative estimate of drug-likeness (QED) is 0.593. The Kier molecular flexibility index (Phi) is 4.03. The van der Waals surface area contributed by atoms with Crippen molar-refractivity contribution in [2.24, 2.45) is 0 Å². The van der Waals surface area contributed by atoms with E-state index in [1.165, 1.54) is 0 Å². The lowest BCUT2D eigenvalue weighted by atomic mass is 10.2. The van der Waals surface area contributed by atoms with Gasteiger partial charge in [-0.1, -0.05) is 18.5 Å². The summed E-state index contributed by atoms with van der Waals surface area (Å²) in [6, 6.07) is 1.48. The Bertz CT molecular complexity index is 380. The van der Waals surface area contributed by atoms with Gasteiger partial charge < -0.3 is 4.74 Å². The van der Waals surface area contributed by atoms with Crippen molar-refractivity contribution in [3.63, 3.8) is 0 Å². The molecule has 82 valence electrons. The molecule has 0 saturated heterocycles. The molecule has 0 aliphatic rings. The van der Waals surface area contributed by atoms with Gasteiger partial charge in [0.25, 0.3) is 0 Å². The van der Waals surface area contributed by atoms with E-state index in [9.17, 15) is 13.6 Å². The third-order valence-corrected chi connectivity index (χ3v) is 1.96. The van der Waals surface area contributed by atoms with Crippen LogP contribution in [-0.4, -0.2) is 12.6 Å². The standard InChI is InChI=1S/C10H9ClF2O2/c1-2-3-15-10(14)6-4-9(13)7(11)5-8(6)12/h4-5H,2-3H2,1H3. The SMILES string of the molecule is CCCOC(=O)c1cc(F)c(Cl)cc1F. The third kappa shape index (κ3) is 2.89. The first-order chi connectivity index (χ1) is 7.06. The number of esters is 1. The van der Waals surface area contributed by atoms with Crippen LogP contribution >= 0.6 is 11.6 Å². The second-order valence-corrected chi connectivity index (χ2v) is 3.29. The molecular weight excluding hydrogens is 226 g/mol. The highest BCUT2D eigenvalue weighted by molar-refractivity contribution is 6.30. The molecule has 0 N–H and O–H groups in total. The van der Waals surface area contributed by atoms with Crippen LogP contribution in [0.15, 0.2) is 12.1 Å². The second-order valence-electron chi connectivity index (χ2n) is 2.88. The van der Waals surface area contributed by atoms with Crippen LogP contribution in [0, 0.1) is 11.6 Å². The molecule has 0 saturated carbocycles. The Balaban J connectivity index is 2.94. The van der Waals surface area contributed by atoms with E-state index in [2.05, 4.69) is 4.74 Å². The number of hydrogen-bond acceptors (Lipinski definition) is 2. The smallest absolute Gasteiger partial charge is 0.341 e. The summed E-state index contributed by atoms with van der Waals surface area (Å²) in [5.74, 6) is -2.62. The van der Waals surface area contributed by atoms with Crippen molar-refractivity contribution in [3.05, 3.63) is 34.4 Å². The molecule has 5 heteroatoms. The first-order valence-corrected chi connectivity index (χ1v) is 4.75. The highest BCUT2D eigenvalue weighted by atomic mass is 35.5. The number of carbonyl (C=O) groups is 1. The zero-order valence-corrected chi connectivity index (χ0v) is 8.78. The molecule has 0 spiro atoms. The highest BCUT2D eigenvalue weighted by Crippen LogP contribution is 2.19. The van der Waals surface area contributed by atoms with Crippen molar-refractivity contribution >= 4 is 17.6 Å². The van der Waals surface area contributed by atoms with Crippen molar-refractivity contribution in [2.75, 3.05) is 6.61 Å². The van der Waals surface area contributed by atoms with Crippen LogP contribution in [-0.2, 0) is 4.74 Å². The van der Waals surface area contributed by atoms with Gasteiger partial charge in [-0.2, -0.15) is 0 Å². The van der Waals surface area contributed by atoms with Gasteiger partial charge in [0.05, 0.1) is 17.2 Å². The molecule has 1 aromatic rings. The molecule has 1 aromatic carbocycles. The average molecular weight is 235 g/mol. The van der Waals surface area contributed by atoms with Gasteiger partial charge in [0, 0.05) is 0 Å². The minimum atomic E-state index is -0.887. The minimum absolute atomic E-state index is 0.169. The minimum Gasteiger partial charge on any atom is -0.462 e. The van der Waals surface area contributed by atoms with E-state index in [1.54, 1.807) is 6.92 Å². The highest BCUT2D eigenvalue weighted by Gasteiger charge is 2.16. The van der Waals surface area contributed by atoms with Crippen LogP contribution in [0.4, 0.5) is 8.78 Å². The predicted molar refractivity (Wildman–Crippen MR) is 51.9 cm³/mol. The van der Waals surface area contributed by atoms with E-state index < -0.39 is 23.2 Å². The number of halogens is 3. The monoisotopic (exact) mass is 234 g/mol. The largest absolute Gasteiger partial charge is 0.462 e. The summed E-state index contributed by atoms with van der Waals surface area (Å²) < 4.78 is 30.8. The Morgan fingerprint density at radius 1 is 1.40 bits per heavy atom. The maximum Gasteiger partial charge on any atom is 0.341 e. The topological polar surface area (TPSA) is 26.3 Å². The van der Waals surface area contributed by atoms with Crippen LogP contribution in [0.2, 0.25) is 5.02 Å². The van der Waals surface area contributed by atoms with Crippen LogP contribution in [0.5, 0.6) is 0 Å². The van der Waals surface area contributed by atoms with Gasteiger partial charge in [-0.15, -0.1) is 0 Å². The maximum absolute atomic E-state index is 13.2. The molecule has 0 aliphatic heterocycles. The molecule has 15 heavy (non-hydrogen) atoms. The molecule has 0 fully saturated rings. The van der Waals surface area contributed by atoms with Crippen molar-refractivity contribution in [2.45, 2.75) is 13.3 Å². The summed E-state index contributed by atoms with van der Waals surface area (Å²) in [5, 5.41) is -0.362. The zero-order valence-electron chi connectivity index (χ0n) is 8.02. The fourth-order valence-electron chi connectivity index (χ4n) is 0.952. The van der Waals surface area contributed by atoms with Crippen molar-refractivity contribution in [1.82, 2.24) is 0 Å². The van der Waals surface area contributed by atoms with Gasteiger partial charge in [0.2, 0.25) is 0 Å². The number of carbonyl (C=O) groups excluding carboxylic acids is 1. The van der Waals surface area contributed by atoms with Crippen LogP contribution in [0.3, 0.4) is 0 Å². The van der Waals surface area contributed by atoms with Gasteiger partial charge in [-0.05, 0) is 18.6 Å². The molecule has 0 aromatic heterocycles. The van der Waals surface area contributed by atoms with Crippen LogP contribution in [0.1, 0.15) is 23.7 Å². The summed E-state index contributed by atoms with van der Waals surface area (Å²) in [6.45, 7) is 1.97. The van der Waals surface area contributed by atoms with E-state index in [-0.39, 0.29) is 11.6 Å². The van der Waals surface area contributed by atoms with Crippen LogP contribution < -0.4 is 0 Å². The molecule has 1 rings (SSSR count). The molecule has 0 aliphatic carbocycles. The van der Waals surface area contributed by atoms with Crippen molar-refractivity contribution in [3.8, 4) is 0 Å². The fourth-order valence-corrected chi connectivity index (χ4v) is 1.10. The van der Waals surface area contributed by atoms with E-state index in [0.29, 0.717) is 6.42 Å². The molecule has 0 radical (unpaired) electrons. The fraction of sp³-hybridized carbons (Fsp3) is 0.300. The Labute approximate surface area is 90.8 Å². The first-order valence-electron chi connectivity index (χ1n) is 4.38. The lowest BCUT2D eigenvalue weighted by molar-refractivity contribution is 0.0499. The normalized spacial score (nSPS) is 10.1. The van der Waals surface area contributed by atoms with Gasteiger partial charge in [0.1, 0.15) is 11.6 Å². The van der Waals surface area contributed by atoms with Gasteiger partial charge >= 0.3 is 5.97 Å². The molecular formula is C10H9ClF2O2. The summed E-state index contributed by atoms with van der Waals surface area (Å²) >= 11 is 5.33. The third-order valence-electron chi connectivity index (χ3n) is 1.67. The van der Waals surface area contributed by atoms with E-state index in [4.69, 9.17) is 11.6 Å². The number of benzene rings is 1. The molecule has 0 amide bonds. The molecule has 0 atom stereocenters. The Morgan fingerprint density at radius 3 is 2.67 bits per heavy atom. The Morgan fingerprint density at radius 2 is 2.07 bits per heavy atom. The second kappa shape index (κ2) is 5.07. The van der Waals surface area contributed by atoms with Crippen molar-refractivity contribution < 1.29 is 18.3 Å². The maximum atomic E-state index is 13.2. The molecule has 0 unspecified atom stereocenters. The molecule has 0 bridgehead atoms. The number of rotatable bonds is 3. The van der Waals surface area contributed by atoms with Crippen molar-refractivity contribution in [1.29, 1.82) is 0 Å². The lowest BCUT2D eigenvalue weighted by Crippen LogP contribution is -2.08. The van der Waals surface area contributed by atoms with Crippen LogP contribution in [0.25, 0.3) is 0 Å². The number of hydrogen-bond donors (Lipinski definition) is 0.